The number of aromatic nitrogens is 1. The van der Waals surface area contributed by atoms with E-state index in [1.165, 1.54) is 0 Å². The molecular weight excluding hydrogens is 264 g/mol. The lowest BCUT2D eigenvalue weighted by atomic mass is 9.97. The van der Waals surface area contributed by atoms with Crippen LogP contribution in [0.4, 0.5) is 0 Å². The van der Waals surface area contributed by atoms with Crippen molar-refractivity contribution >= 4 is 16.8 Å². The summed E-state index contributed by atoms with van der Waals surface area (Å²) >= 11 is 0. The number of carbonyl (C=O) groups excluding carboxylic acids is 1. The van der Waals surface area contributed by atoms with E-state index in [1.807, 2.05) is 45.0 Å². The van der Waals surface area contributed by atoms with Crippen LogP contribution in [-0.4, -0.2) is 28.1 Å². The minimum atomic E-state index is -0.801. The van der Waals surface area contributed by atoms with E-state index in [0.717, 1.165) is 22.2 Å². The zero-order chi connectivity index (χ0) is 15.5. The summed E-state index contributed by atoms with van der Waals surface area (Å²) in [5.41, 5.74) is 2.30. The largest absolute Gasteiger partial charge is 0.388 e. The molecule has 0 saturated heterocycles. The van der Waals surface area contributed by atoms with Crippen molar-refractivity contribution in [1.29, 1.82) is 0 Å². The fraction of sp³-hybridized carbons (Fsp3) is 0.471. The van der Waals surface area contributed by atoms with E-state index in [2.05, 4.69) is 10.3 Å². The summed E-state index contributed by atoms with van der Waals surface area (Å²) in [6, 6.07) is 7.99. The molecule has 4 heteroatoms. The maximum Gasteiger partial charge on any atom is 0.224 e. The molecular formula is C17H24N2O2. The molecule has 0 spiro atoms. The van der Waals surface area contributed by atoms with Crippen molar-refractivity contribution in [3.63, 3.8) is 0 Å². The van der Waals surface area contributed by atoms with Gasteiger partial charge < -0.3 is 15.4 Å². The average Bonchev–Trinajstić information content (AvgIpc) is 2.81. The molecule has 2 rings (SSSR count). The van der Waals surface area contributed by atoms with Gasteiger partial charge in [-0.1, -0.05) is 32.0 Å². The van der Waals surface area contributed by atoms with E-state index in [1.54, 1.807) is 0 Å². The number of aliphatic hydroxyl groups is 1. The second kappa shape index (κ2) is 6.31. The number of hydrogen-bond donors (Lipinski definition) is 3. The third-order valence-electron chi connectivity index (χ3n) is 4.30. The molecule has 0 fully saturated rings. The van der Waals surface area contributed by atoms with Crippen LogP contribution < -0.4 is 5.32 Å². The van der Waals surface area contributed by atoms with Crippen molar-refractivity contribution in [3.05, 3.63) is 35.5 Å². The molecule has 0 aliphatic rings. The molecule has 4 nitrogen and oxygen atoms in total. The number of rotatable bonds is 6. The molecule has 2 aromatic rings. The topological polar surface area (TPSA) is 65.1 Å². The Morgan fingerprint density at radius 1 is 1.29 bits per heavy atom. The average molecular weight is 288 g/mol. The number of amides is 1. The van der Waals surface area contributed by atoms with Gasteiger partial charge >= 0.3 is 0 Å². The van der Waals surface area contributed by atoms with Crippen molar-refractivity contribution < 1.29 is 9.90 Å². The van der Waals surface area contributed by atoms with Gasteiger partial charge in [0.15, 0.2) is 0 Å². The number of hydrogen-bond acceptors (Lipinski definition) is 2. The fourth-order valence-corrected chi connectivity index (χ4v) is 2.55. The van der Waals surface area contributed by atoms with Crippen LogP contribution in [0.15, 0.2) is 24.3 Å². The van der Waals surface area contributed by atoms with Crippen LogP contribution in [0.3, 0.4) is 0 Å². The summed E-state index contributed by atoms with van der Waals surface area (Å²) < 4.78 is 0. The van der Waals surface area contributed by atoms with Crippen LogP contribution in [-0.2, 0) is 11.2 Å². The van der Waals surface area contributed by atoms with Gasteiger partial charge in [-0.2, -0.15) is 0 Å². The normalized spacial score (nSPS) is 11.8. The second-order valence-corrected chi connectivity index (χ2v) is 5.66. The highest BCUT2D eigenvalue weighted by Gasteiger charge is 2.23. The predicted molar refractivity (Wildman–Crippen MR) is 85.3 cm³/mol. The molecule has 0 unspecified atom stereocenters. The van der Waals surface area contributed by atoms with Crippen molar-refractivity contribution in [1.82, 2.24) is 10.3 Å². The van der Waals surface area contributed by atoms with E-state index < -0.39 is 5.60 Å². The Balaban J connectivity index is 2.07. The number of para-hydroxylation sites is 1. The number of aromatic amines is 1. The Morgan fingerprint density at radius 3 is 2.62 bits per heavy atom. The number of H-pyrrole nitrogens is 1. The number of carbonyl (C=O) groups is 1. The van der Waals surface area contributed by atoms with Gasteiger partial charge in [0.2, 0.25) is 5.91 Å². The first kappa shape index (κ1) is 15.6. The van der Waals surface area contributed by atoms with Gasteiger partial charge in [-0.05, 0) is 31.4 Å². The van der Waals surface area contributed by atoms with Crippen molar-refractivity contribution in [2.24, 2.45) is 0 Å². The summed E-state index contributed by atoms with van der Waals surface area (Å²) in [6.45, 7) is 6.15. The SMILES string of the molecule is CCC(O)(CC)CNC(=O)Cc1c(C)[nH]c2ccccc12. The first-order valence-corrected chi connectivity index (χ1v) is 7.54. The van der Waals surface area contributed by atoms with Crippen LogP contribution in [0.5, 0.6) is 0 Å². The van der Waals surface area contributed by atoms with E-state index in [-0.39, 0.29) is 5.91 Å². The molecule has 1 aromatic carbocycles. The van der Waals surface area contributed by atoms with Gasteiger partial charge in [0.1, 0.15) is 0 Å². The second-order valence-electron chi connectivity index (χ2n) is 5.66. The highest BCUT2D eigenvalue weighted by Crippen LogP contribution is 2.22. The van der Waals surface area contributed by atoms with E-state index in [0.29, 0.717) is 25.8 Å². The van der Waals surface area contributed by atoms with Crippen LogP contribution in [0, 0.1) is 6.92 Å². The minimum absolute atomic E-state index is 0.0526. The lowest BCUT2D eigenvalue weighted by Crippen LogP contribution is -2.42. The molecule has 1 aromatic heterocycles. The van der Waals surface area contributed by atoms with Crippen molar-refractivity contribution in [2.75, 3.05) is 6.54 Å². The molecule has 1 amide bonds. The van der Waals surface area contributed by atoms with Gasteiger partial charge in [0, 0.05) is 23.1 Å². The standard InChI is InChI=1S/C17H24N2O2/c1-4-17(21,5-2)11-18-16(20)10-14-12(3)19-15-9-7-6-8-13(14)15/h6-9,19,21H,4-5,10-11H2,1-3H3,(H,18,20). The molecule has 0 aliphatic carbocycles. The van der Waals surface area contributed by atoms with Crippen molar-refractivity contribution in [3.8, 4) is 0 Å². The monoisotopic (exact) mass is 288 g/mol. The van der Waals surface area contributed by atoms with Gasteiger partial charge in [-0.15, -0.1) is 0 Å². The Kier molecular flexibility index (Phi) is 4.68. The summed E-state index contributed by atoms with van der Waals surface area (Å²) in [7, 11) is 0. The Morgan fingerprint density at radius 2 is 1.95 bits per heavy atom. The number of fused-ring (bicyclic) bond motifs is 1. The van der Waals surface area contributed by atoms with E-state index in [9.17, 15) is 9.90 Å². The smallest absolute Gasteiger partial charge is 0.224 e. The molecule has 0 bridgehead atoms. The summed E-state index contributed by atoms with van der Waals surface area (Å²) in [5.74, 6) is -0.0526. The lowest BCUT2D eigenvalue weighted by molar-refractivity contribution is -0.121. The van der Waals surface area contributed by atoms with Gasteiger partial charge in [0.25, 0.3) is 0 Å². The molecule has 1 heterocycles. The molecule has 3 N–H and O–H groups in total. The molecule has 0 radical (unpaired) electrons. The van der Waals surface area contributed by atoms with Crippen molar-refractivity contribution in [2.45, 2.75) is 45.6 Å². The minimum Gasteiger partial charge on any atom is -0.388 e. The third-order valence-corrected chi connectivity index (χ3v) is 4.30. The molecule has 0 atom stereocenters. The number of aryl methyl sites for hydroxylation is 1. The van der Waals surface area contributed by atoms with Gasteiger partial charge in [-0.3, -0.25) is 4.79 Å². The lowest BCUT2D eigenvalue weighted by Gasteiger charge is -2.25. The Hall–Kier alpha value is -1.81. The van der Waals surface area contributed by atoms with Crippen LogP contribution >= 0.6 is 0 Å². The molecule has 0 saturated carbocycles. The van der Waals surface area contributed by atoms with Crippen LogP contribution in [0.1, 0.15) is 37.9 Å². The molecule has 21 heavy (non-hydrogen) atoms. The van der Waals surface area contributed by atoms with Crippen LogP contribution in [0.2, 0.25) is 0 Å². The van der Waals surface area contributed by atoms with Gasteiger partial charge in [0.05, 0.1) is 12.0 Å². The highest BCUT2D eigenvalue weighted by atomic mass is 16.3. The maximum atomic E-state index is 12.1. The summed E-state index contributed by atoms with van der Waals surface area (Å²) in [5, 5.41) is 14.2. The summed E-state index contributed by atoms with van der Waals surface area (Å²) in [4.78, 5) is 15.4. The Bertz CT molecular complexity index is 627. The van der Waals surface area contributed by atoms with E-state index in [4.69, 9.17) is 0 Å². The molecule has 0 aliphatic heterocycles. The number of nitrogens with one attached hydrogen (secondary N) is 2. The first-order valence-electron chi connectivity index (χ1n) is 7.54. The summed E-state index contributed by atoms with van der Waals surface area (Å²) in [6.07, 6.45) is 1.60. The van der Waals surface area contributed by atoms with E-state index >= 15 is 0 Å². The zero-order valence-electron chi connectivity index (χ0n) is 13.0. The number of benzene rings is 1. The van der Waals surface area contributed by atoms with Gasteiger partial charge in [-0.25, -0.2) is 0 Å². The molecule has 114 valence electrons. The van der Waals surface area contributed by atoms with Crippen LogP contribution in [0.25, 0.3) is 10.9 Å². The third kappa shape index (κ3) is 3.45. The Labute approximate surface area is 125 Å². The first-order chi connectivity index (χ1) is 9.99. The maximum absolute atomic E-state index is 12.1. The predicted octanol–water partition coefficient (Wildman–Crippen LogP) is 2.69. The fourth-order valence-electron chi connectivity index (χ4n) is 2.55. The highest BCUT2D eigenvalue weighted by molar-refractivity contribution is 5.90. The quantitative estimate of drug-likeness (QED) is 0.765. The zero-order valence-corrected chi connectivity index (χ0v) is 13.0.